The molecule has 13 heavy (non-hydrogen) atoms. The molecule has 2 heteroatoms. The van der Waals surface area contributed by atoms with Gasteiger partial charge in [0.2, 0.25) is 0 Å². The zero-order chi connectivity index (χ0) is 9.26. The smallest absolute Gasteiger partial charge is 0.123 e. The van der Waals surface area contributed by atoms with Crippen molar-refractivity contribution in [2.75, 3.05) is 6.54 Å². The zero-order valence-corrected chi connectivity index (χ0v) is 7.92. The van der Waals surface area contributed by atoms with Crippen LogP contribution in [0.25, 0.3) is 0 Å². The lowest BCUT2D eigenvalue weighted by Gasteiger charge is -2.05. The first-order valence-corrected chi connectivity index (χ1v) is 4.82. The Morgan fingerprint density at radius 3 is 3.08 bits per heavy atom. The molecule has 0 amide bonds. The van der Waals surface area contributed by atoms with Crippen molar-refractivity contribution in [1.82, 2.24) is 0 Å². The predicted octanol–water partition coefficient (Wildman–Crippen LogP) is 1.51. The Balaban J connectivity index is 2.25. The van der Waals surface area contributed by atoms with Crippen LogP contribution in [0, 0.1) is 0 Å². The van der Waals surface area contributed by atoms with Crippen molar-refractivity contribution >= 4 is 0 Å². The SMILES string of the molecule is CCc1ccc2c(c1)CC(CN)O2. The van der Waals surface area contributed by atoms with E-state index in [4.69, 9.17) is 10.5 Å². The van der Waals surface area contributed by atoms with Crippen LogP contribution in [0.2, 0.25) is 0 Å². The average molecular weight is 177 g/mol. The largest absolute Gasteiger partial charge is 0.488 e. The van der Waals surface area contributed by atoms with E-state index in [0.717, 1.165) is 18.6 Å². The molecule has 2 N–H and O–H groups in total. The fourth-order valence-corrected chi connectivity index (χ4v) is 1.73. The summed E-state index contributed by atoms with van der Waals surface area (Å²) in [5.74, 6) is 1.02. The number of rotatable bonds is 2. The molecule has 1 aromatic carbocycles. The van der Waals surface area contributed by atoms with Gasteiger partial charge in [-0.05, 0) is 23.6 Å². The molecule has 0 saturated carbocycles. The van der Waals surface area contributed by atoms with Crippen LogP contribution in [-0.4, -0.2) is 12.6 Å². The van der Waals surface area contributed by atoms with Crippen molar-refractivity contribution in [2.45, 2.75) is 25.9 Å². The van der Waals surface area contributed by atoms with Gasteiger partial charge >= 0.3 is 0 Å². The van der Waals surface area contributed by atoms with E-state index in [0.29, 0.717) is 6.54 Å². The van der Waals surface area contributed by atoms with Gasteiger partial charge in [-0.1, -0.05) is 19.1 Å². The number of ether oxygens (including phenoxy) is 1. The monoisotopic (exact) mass is 177 g/mol. The minimum atomic E-state index is 0.196. The topological polar surface area (TPSA) is 35.2 Å². The summed E-state index contributed by atoms with van der Waals surface area (Å²) < 4.78 is 5.63. The molecule has 1 atom stereocenters. The second kappa shape index (κ2) is 3.38. The van der Waals surface area contributed by atoms with Crippen molar-refractivity contribution in [1.29, 1.82) is 0 Å². The highest BCUT2D eigenvalue weighted by Crippen LogP contribution is 2.29. The van der Waals surface area contributed by atoms with E-state index in [-0.39, 0.29) is 6.10 Å². The molecule has 1 unspecified atom stereocenters. The number of nitrogens with two attached hydrogens (primary N) is 1. The highest BCUT2D eigenvalue weighted by Gasteiger charge is 2.21. The molecule has 0 aromatic heterocycles. The number of fused-ring (bicyclic) bond motifs is 1. The lowest BCUT2D eigenvalue weighted by atomic mass is 10.1. The molecule has 2 rings (SSSR count). The van der Waals surface area contributed by atoms with Crippen molar-refractivity contribution in [3.63, 3.8) is 0 Å². The Morgan fingerprint density at radius 2 is 2.38 bits per heavy atom. The highest BCUT2D eigenvalue weighted by atomic mass is 16.5. The Hall–Kier alpha value is -1.02. The average Bonchev–Trinajstić information content (AvgIpc) is 2.58. The lowest BCUT2D eigenvalue weighted by Crippen LogP contribution is -2.24. The van der Waals surface area contributed by atoms with E-state index in [1.54, 1.807) is 0 Å². The van der Waals surface area contributed by atoms with Gasteiger partial charge in [0.1, 0.15) is 11.9 Å². The van der Waals surface area contributed by atoms with E-state index in [9.17, 15) is 0 Å². The van der Waals surface area contributed by atoms with Gasteiger partial charge in [0.25, 0.3) is 0 Å². The molecule has 0 bridgehead atoms. The van der Waals surface area contributed by atoms with Crippen molar-refractivity contribution in [3.05, 3.63) is 29.3 Å². The summed E-state index contributed by atoms with van der Waals surface area (Å²) in [5.41, 5.74) is 8.25. The summed E-state index contributed by atoms with van der Waals surface area (Å²) in [5, 5.41) is 0. The summed E-state index contributed by atoms with van der Waals surface area (Å²) in [7, 11) is 0. The summed E-state index contributed by atoms with van der Waals surface area (Å²) in [4.78, 5) is 0. The molecule has 1 aliphatic heterocycles. The summed E-state index contributed by atoms with van der Waals surface area (Å²) in [6.45, 7) is 2.77. The molecule has 0 aliphatic carbocycles. The van der Waals surface area contributed by atoms with Crippen LogP contribution in [0.15, 0.2) is 18.2 Å². The number of hydrogen-bond donors (Lipinski definition) is 1. The Morgan fingerprint density at radius 1 is 1.54 bits per heavy atom. The number of aryl methyl sites for hydroxylation is 1. The second-order valence-corrected chi connectivity index (χ2v) is 3.48. The van der Waals surface area contributed by atoms with Crippen LogP contribution in [0.3, 0.4) is 0 Å². The quantitative estimate of drug-likeness (QED) is 0.743. The third-order valence-electron chi connectivity index (χ3n) is 2.54. The predicted molar refractivity (Wildman–Crippen MR) is 53.0 cm³/mol. The van der Waals surface area contributed by atoms with Gasteiger partial charge in [0.05, 0.1) is 0 Å². The first kappa shape index (κ1) is 8.57. The molecular weight excluding hydrogens is 162 g/mol. The maximum atomic E-state index is 5.63. The molecule has 0 radical (unpaired) electrons. The standard InChI is InChI=1S/C11H15NO/c1-2-8-3-4-11-9(5-8)6-10(7-12)13-11/h3-5,10H,2,6-7,12H2,1H3. The minimum Gasteiger partial charge on any atom is -0.488 e. The molecule has 1 aromatic rings. The summed E-state index contributed by atoms with van der Waals surface area (Å²) in [6.07, 6.45) is 2.25. The second-order valence-electron chi connectivity index (χ2n) is 3.48. The third-order valence-corrected chi connectivity index (χ3v) is 2.54. The minimum absolute atomic E-state index is 0.196. The Labute approximate surface area is 78.7 Å². The molecule has 70 valence electrons. The lowest BCUT2D eigenvalue weighted by molar-refractivity contribution is 0.241. The van der Waals surface area contributed by atoms with E-state index in [1.807, 2.05) is 0 Å². The normalized spacial score (nSPS) is 19.7. The molecular formula is C11H15NO. The zero-order valence-electron chi connectivity index (χ0n) is 7.92. The Bertz CT molecular complexity index is 309. The van der Waals surface area contributed by atoms with Gasteiger partial charge in [0.15, 0.2) is 0 Å². The van der Waals surface area contributed by atoms with Crippen molar-refractivity contribution in [2.24, 2.45) is 5.73 Å². The summed E-state index contributed by atoms with van der Waals surface area (Å²) in [6, 6.07) is 6.41. The van der Waals surface area contributed by atoms with Crippen molar-refractivity contribution in [3.8, 4) is 5.75 Å². The van der Waals surface area contributed by atoms with E-state index in [1.165, 1.54) is 11.1 Å². The molecule has 0 fully saturated rings. The van der Waals surface area contributed by atoms with Crippen LogP contribution in [-0.2, 0) is 12.8 Å². The van der Waals surface area contributed by atoms with Gasteiger partial charge in [-0.15, -0.1) is 0 Å². The molecule has 1 aliphatic rings. The fourth-order valence-electron chi connectivity index (χ4n) is 1.73. The Kier molecular flexibility index (Phi) is 2.23. The van der Waals surface area contributed by atoms with Gasteiger partial charge < -0.3 is 10.5 Å². The highest BCUT2D eigenvalue weighted by molar-refractivity contribution is 5.40. The molecule has 1 heterocycles. The van der Waals surface area contributed by atoms with Gasteiger partial charge in [0, 0.05) is 13.0 Å². The molecule has 0 saturated heterocycles. The molecule has 0 spiro atoms. The number of benzene rings is 1. The van der Waals surface area contributed by atoms with Crippen molar-refractivity contribution < 1.29 is 4.74 Å². The van der Waals surface area contributed by atoms with E-state index >= 15 is 0 Å². The maximum Gasteiger partial charge on any atom is 0.123 e. The molecule has 2 nitrogen and oxygen atoms in total. The van der Waals surface area contributed by atoms with Gasteiger partial charge in [-0.2, -0.15) is 0 Å². The van der Waals surface area contributed by atoms with Gasteiger partial charge in [-0.25, -0.2) is 0 Å². The van der Waals surface area contributed by atoms with Crippen LogP contribution >= 0.6 is 0 Å². The maximum absolute atomic E-state index is 5.63. The van der Waals surface area contributed by atoms with E-state index < -0.39 is 0 Å². The van der Waals surface area contributed by atoms with Crippen LogP contribution in [0.4, 0.5) is 0 Å². The van der Waals surface area contributed by atoms with Crippen LogP contribution < -0.4 is 10.5 Å². The fraction of sp³-hybridized carbons (Fsp3) is 0.455. The van der Waals surface area contributed by atoms with Crippen LogP contribution in [0.1, 0.15) is 18.1 Å². The van der Waals surface area contributed by atoms with Crippen LogP contribution in [0.5, 0.6) is 5.75 Å². The summed E-state index contributed by atoms with van der Waals surface area (Å²) >= 11 is 0. The van der Waals surface area contributed by atoms with Gasteiger partial charge in [-0.3, -0.25) is 0 Å². The first-order valence-electron chi connectivity index (χ1n) is 4.82. The third kappa shape index (κ3) is 1.54. The van der Waals surface area contributed by atoms with E-state index in [2.05, 4.69) is 25.1 Å². The number of hydrogen-bond acceptors (Lipinski definition) is 2. The first-order chi connectivity index (χ1) is 6.33.